The number of hydrogen-bond donors (Lipinski definition) is 2. The molecule has 8 nitrogen and oxygen atoms in total. The predicted molar refractivity (Wildman–Crippen MR) is 79.1 cm³/mol. The third-order valence-corrected chi connectivity index (χ3v) is 3.26. The smallest absolute Gasteiger partial charge is 0.273 e. The van der Waals surface area contributed by atoms with Crippen molar-refractivity contribution >= 4 is 40.9 Å². The van der Waals surface area contributed by atoms with Crippen molar-refractivity contribution in [3.8, 4) is 0 Å². The lowest BCUT2D eigenvalue weighted by atomic mass is 10.3. The second-order valence-corrected chi connectivity index (χ2v) is 4.65. The minimum atomic E-state index is -0.499. The van der Waals surface area contributed by atoms with Gasteiger partial charge in [0.25, 0.3) is 5.95 Å². The Hall–Kier alpha value is -2.03. The van der Waals surface area contributed by atoms with E-state index in [9.17, 15) is 4.79 Å². The van der Waals surface area contributed by atoms with Crippen LogP contribution in [0.25, 0.3) is 0 Å². The lowest BCUT2D eigenvalue weighted by molar-refractivity contribution is -0.0619. The van der Waals surface area contributed by atoms with Gasteiger partial charge < -0.3 is 0 Å². The zero-order valence-electron chi connectivity index (χ0n) is 11.2. The number of hydroxylamine groups is 2. The van der Waals surface area contributed by atoms with Crippen molar-refractivity contribution in [1.29, 1.82) is 0 Å². The molecular formula is C11H12Cl2N6O2. The van der Waals surface area contributed by atoms with Crippen molar-refractivity contribution in [2.75, 3.05) is 24.6 Å². The fourth-order valence-corrected chi connectivity index (χ4v) is 1.72. The molecule has 0 unspecified atom stereocenters. The van der Waals surface area contributed by atoms with Crippen molar-refractivity contribution in [3.63, 3.8) is 0 Å². The van der Waals surface area contributed by atoms with E-state index >= 15 is 0 Å². The molecule has 112 valence electrons. The summed E-state index contributed by atoms with van der Waals surface area (Å²) in [5.74, 6) is 0.207. The quantitative estimate of drug-likeness (QED) is 0.841. The molecule has 1 aromatic heterocycles. The molecule has 0 saturated carbocycles. The van der Waals surface area contributed by atoms with E-state index in [1.54, 1.807) is 12.1 Å². The number of urea groups is 1. The Morgan fingerprint density at radius 3 is 2.71 bits per heavy atom. The Morgan fingerprint density at radius 2 is 2.14 bits per heavy atom. The van der Waals surface area contributed by atoms with Crippen LogP contribution in [0.3, 0.4) is 0 Å². The summed E-state index contributed by atoms with van der Waals surface area (Å²) in [5.41, 5.74) is 3.19. The Kier molecular flexibility index (Phi) is 4.84. The fourth-order valence-electron chi connectivity index (χ4n) is 1.43. The number of aromatic nitrogens is 3. The SMILES string of the molecule is CON(C)C(=O)N(Nc1nc[nH]n1)c1ccc(Cl)c(Cl)c1. The average molecular weight is 331 g/mol. The van der Waals surface area contributed by atoms with Crippen molar-refractivity contribution in [3.05, 3.63) is 34.6 Å². The van der Waals surface area contributed by atoms with E-state index in [-0.39, 0.29) is 5.95 Å². The highest BCUT2D eigenvalue weighted by atomic mass is 35.5. The van der Waals surface area contributed by atoms with Crippen LogP contribution in [-0.4, -0.2) is 40.4 Å². The van der Waals surface area contributed by atoms with Gasteiger partial charge in [-0.1, -0.05) is 23.2 Å². The fraction of sp³-hybridized carbons (Fsp3) is 0.182. The molecule has 0 saturated heterocycles. The summed E-state index contributed by atoms with van der Waals surface area (Å²) in [6, 6.07) is 4.23. The number of rotatable bonds is 4. The molecule has 1 heterocycles. The van der Waals surface area contributed by atoms with Crippen LogP contribution in [0.15, 0.2) is 24.5 Å². The van der Waals surface area contributed by atoms with Crippen LogP contribution in [-0.2, 0) is 4.84 Å². The van der Waals surface area contributed by atoms with Gasteiger partial charge in [-0.15, -0.1) is 5.10 Å². The number of benzene rings is 1. The topological polar surface area (TPSA) is 86.4 Å². The molecular weight excluding hydrogens is 319 g/mol. The Morgan fingerprint density at radius 1 is 1.38 bits per heavy atom. The highest BCUT2D eigenvalue weighted by Crippen LogP contribution is 2.27. The van der Waals surface area contributed by atoms with Gasteiger partial charge in [-0.25, -0.2) is 14.9 Å². The number of H-pyrrole nitrogens is 1. The van der Waals surface area contributed by atoms with Gasteiger partial charge in [-0.05, 0) is 18.2 Å². The molecule has 0 aliphatic rings. The van der Waals surface area contributed by atoms with Crippen LogP contribution < -0.4 is 10.4 Å². The highest BCUT2D eigenvalue weighted by Gasteiger charge is 2.22. The minimum absolute atomic E-state index is 0.207. The number of halogens is 2. The maximum Gasteiger partial charge on any atom is 0.367 e. The maximum atomic E-state index is 12.3. The first-order valence-electron chi connectivity index (χ1n) is 5.72. The first kappa shape index (κ1) is 15.4. The van der Waals surface area contributed by atoms with Crippen LogP contribution >= 0.6 is 23.2 Å². The van der Waals surface area contributed by atoms with E-state index in [0.717, 1.165) is 5.06 Å². The lowest BCUT2D eigenvalue weighted by Crippen LogP contribution is -2.44. The number of aromatic amines is 1. The molecule has 0 aliphatic carbocycles. The molecule has 0 bridgehead atoms. The standard InChI is InChI=1S/C11H12Cl2N6O2/c1-18(21-2)11(20)19(17-10-14-6-15-16-10)7-3-4-8(12)9(13)5-7/h3-6H,1-2H3,(H2,14,15,16,17). The Balaban J connectivity index is 2.34. The summed E-state index contributed by atoms with van der Waals surface area (Å²) in [5, 5.41) is 9.26. The first-order chi connectivity index (χ1) is 10.0. The van der Waals surface area contributed by atoms with Gasteiger partial charge in [0.2, 0.25) is 0 Å². The number of anilines is 2. The summed E-state index contributed by atoms with van der Waals surface area (Å²) in [6.07, 6.45) is 1.37. The number of hydrogen-bond acceptors (Lipinski definition) is 5. The normalized spacial score (nSPS) is 10.3. The summed E-state index contributed by atoms with van der Waals surface area (Å²) in [7, 11) is 2.84. The van der Waals surface area contributed by atoms with Crippen LogP contribution in [0, 0.1) is 0 Å². The molecule has 0 aliphatic heterocycles. The monoisotopic (exact) mass is 330 g/mol. The minimum Gasteiger partial charge on any atom is -0.273 e. The molecule has 0 spiro atoms. The van der Waals surface area contributed by atoms with Crippen LogP contribution in [0.5, 0.6) is 0 Å². The molecule has 1 aromatic carbocycles. The van der Waals surface area contributed by atoms with E-state index in [2.05, 4.69) is 20.6 Å². The number of hydrazine groups is 1. The van der Waals surface area contributed by atoms with Crippen LogP contribution in [0.1, 0.15) is 0 Å². The molecule has 0 atom stereocenters. The maximum absolute atomic E-state index is 12.3. The van der Waals surface area contributed by atoms with Gasteiger partial charge in [0.05, 0.1) is 22.8 Å². The molecule has 0 radical (unpaired) electrons. The van der Waals surface area contributed by atoms with Crippen molar-refractivity contribution in [2.45, 2.75) is 0 Å². The van der Waals surface area contributed by atoms with Crippen LogP contribution in [0.2, 0.25) is 10.0 Å². The summed E-state index contributed by atoms with van der Waals surface area (Å²) in [6.45, 7) is 0. The first-order valence-corrected chi connectivity index (χ1v) is 6.48. The van der Waals surface area contributed by atoms with Crippen molar-refractivity contribution in [2.24, 2.45) is 0 Å². The van der Waals surface area contributed by atoms with Gasteiger partial charge in [-0.3, -0.25) is 15.4 Å². The number of nitrogens with one attached hydrogen (secondary N) is 2. The van der Waals surface area contributed by atoms with Gasteiger partial charge in [0.1, 0.15) is 6.33 Å². The largest absolute Gasteiger partial charge is 0.367 e. The Bertz CT molecular complexity index is 621. The molecule has 21 heavy (non-hydrogen) atoms. The zero-order chi connectivity index (χ0) is 15.4. The lowest BCUT2D eigenvalue weighted by Gasteiger charge is -2.26. The third kappa shape index (κ3) is 3.54. The van der Waals surface area contributed by atoms with Gasteiger partial charge >= 0.3 is 6.03 Å². The summed E-state index contributed by atoms with van der Waals surface area (Å²) >= 11 is 11.9. The predicted octanol–water partition coefficient (Wildman–Crippen LogP) is 2.56. The van der Waals surface area contributed by atoms with Crippen molar-refractivity contribution < 1.29 is 9.63 Å². The number of amides is 2. The third-order valence-electron chi connectivity index (χ3n) is 2.52. The Labute approximate surface area is 130 Å². The van der Waals surface area contributed by atoms with Crippen molar-refractivity contribution in [1.82, 2.24) is 20.2 Å². The number of nitrogens with zero attached hydrogens (tertiary/aromatic N) is 4. The highest BCUT2D eigenvalue weighted by molar-refractivity contribution is 6.42. The molecule has 2 aromatic rings. The number of carbonyl (C=O) groups is 1. The van der Waals surface area contributed by atoms with Gasteiger partial charge in [-0.2, -0.15) is 4.98 Å². The van der Waals surface area contributed by atoms with E-state index in [1.165, 1.54) is 31.6 Å². The molecule has 2 rings (SSSR count). The zero-order valence-corrected chi connectivity index (χ0v) is 12.7. The second kappa shape index (κ2) is 6.61. The molecule has 2 amide bonds. The second-order valence-electron chi connectivity index (χ2n) is 3.83. The van der Waals surface area contributed by atoms with Gasteiger partial charge in [0, 0.05) is 7.05 Å². The van der Waals surface area contributed by atoms with Gasteiger partial charge in [0.15, 0.2) is 0 Å². The average Bonchev–Trinajstić information content (AvgIpc) is 2.99. The van der Waals surface area contributed by atoms with E-state index < -0.39 is 6.03 Å². The van der Waals surface area contributed by atoms with E-state index in [1.807, 2.05) is 0 Å². The molecule has 0 fully saturated rings. The summed E-state index contributed by atoms with van der Waals surface area (Å²) < 4.78 is 0. The molecule has 2 N–H and O–H groups in total. The number of carbonyl (C=O) groups excluding carboxylic acids is 1. The molecule has 10 heteroatoms. The van der Waals surface area contributed by atoms with E-state index in [0.29, 0.717) is 15.7 Å². The summed E-state index contributed by atoms with van der Waals surface area (Å²) in [4.78, 5) is 21.1. The van der Waals surface area contributed by atoms with E-state index in [4.69, 9.17) is 28.0 Å². The van der Waals surface area contributed by atoms with Crippen LogP contribution in [0.4, 0.5) is 16.4 Å².